The lowest BCUT2D eigenvalue weighted by Gasteiger charge is -1.96. The Labute approximate surface area is 118 Å². The van der Waals surface area contributed by atoms with Gasteiger partial charge in [-0.05, 0) is 52.3 Å². The highest BCUT2D eigenvalue weighted by atomic mass is 36.0. The smallest absolute Gasteiger partial charge is 0.339 e. The molecule has 0 atom stereocenters. The molecular formula is C10H9Cl3NO3P. The summed E-state index contributed by atoms with van der Waals surface area (Å²) in [5.41, 5.74) is 2.91. The molecule has 0 amide bonds. The molecule has 1 aromatic rings. The van der Waals surface area contributed by atoms with Gasteiger partial charge in [0, 0.05) is 12.0 Å². The van der Waals surface area contributed by atoms with E-state index in [9.17, 15) is 9.36 Å². The van der Waals surface area contributed by atoms with E-state index in [4.69, 9.17) is 5.21 Å². The van der Waals surface area contributed by atoms with Gasteiger partial charge >= 0.3 is 5.20 Å². The quantitative estimate of drug-likeness (QED) is 0.437. The van der Waals surface area contributed by atoms with Crippen LogP contribution in [0.15, 0.2) is 23.4 Å². The van der Waals surface area contributed by atoms with Crippen molar-refractivity contribution in [2.45, 2.75) is 13.3 Å². The lowest BCUT2D eigenvalue weighted by Crippen LogP contribution is -2.06. The van der Waals surface area contributed by atoms with E-state index in [-0.39, 0.29) is 11.5 Å². The van der Waals surface area contributed by atoms with E-state index in [1.807, 2.05) is 25.1 Å². The highest BCUT2D eigenvalue weighted by Gasteiger charge is 2.26. The highest BCUT2D eigenvalue weighted by molar-refractivity contribution is 8.24. The molecule has 0 radical (unpaired) electrons. The zero-order valence-corrected chi connectivity index (χ0v) is 12.4. The number of oxime groups is 1. The van der Waals surface area contributed by atoms with Crippen LogP contribution >= 0.6 is 38.9 Å². The summed E-state index contributed by atoms with van der Waals surface area (Å²) in [6, 6.07) is 5.68. The Hall–Kier alpha value is -0.540. The van der Waals surface area contributed by atoms with Crippen LogP contribution in [0, 0.1) is 6.92 Å². The summed E-state index contributed by atoms with van der Waals surface area (Å²) in [6.45, 7) is 1.93. The molecule has 1 aliphatic rings. The predicted molar refractivity (Wildman–Crippen MR) is 73.6 cm³/mol. The molecule has 1 N–H and O–H groups in total. The molecule has 4 nitrogen and oxygen atoms in total. The number of benzene rings is 1. The van der Waals surface area contributed by atoms with Gasteiger partial charge in [-0.1, -0.05) is 22.9 Å². The molecule has 0 bridgehead atoms. The molecule has 1 aliphatic carbocycles. The number of ketones is 1. The summed E-state index contributed by atoms with van der Waals surface area (Å²) >= 11 is 13.8. The summed E-state index contributed by atoms with van der Waals surface area (Å²) in [4.78, 5) is 11.5. The van der Waals surface area contributed by atoms with Gasteiger partial charge < -0.3 is 5.21 Å². The van der Waals surface area contributed by atoms with Crippen LogP contribution in [0.5, 0.6) is 0 Å². The minimum absolute atomic E-state index is 0.152. The first-order valence-electron chi connectivity index (χ1n) is 4.76. The van der Waals surface area contributed by atoms with Crippen LogP contribution in [0.25, 0.3) is 0 Å². The zero-order chi connectivity index (χ0) is 13.9. The Balaban J connectivity index is 0.000000280. The van der Waals surface area contributed by atoms with Crippen molar-refractivity contribution in [2.24, 2.45) is 5.16 Å². The second kappa shape index (κ2) is 6.07. The van der Waals surface area contributed by atoms with Crippen LogP contribution in [0.2, 0.25) is 0 Å². The molecule has 0 aliphatic heterocycles. The Kier molecular flexibility index (Phi) is 5.23. The third-order valence-electron chi connectivity index (χ3n) is 2.25. The number of carbonyl (C=O) groups excluding carboxylic acids is 1. The van der Waals surface area contributed by atoms with Crippen molar-refractivity contribution in [3.63, 3.8) is 0 Å². The van der Waals surface area contributed by atoms with Crippen molar-refractivity contribution in [2.75, 3.05) is 0 Å². The number of Topliss-reactive ketones (excluding diaryl/α,β-unsaturated/α-hetero) is 1. The largest absolute Gasteiger partial charge is 0.411 e. The standard InChI is InChI=1S/C10H9NO2.Cl3OP/c1-6-2-3-7-5-9(11-13)10(12)8(7)4-6;1-5(2,3)4/h2-4,13H,5H2,1H3;. The van der Waals surface area contributed by atoms with Crippen LogP contribution < -0.4 is 0 Å². The van der Waals surface area contributed by atoms with Gasteiger partial charge in [0.2, 0.25) is 5.78 Å². The van der Waals surface area contributed by atoms with Gasteiger partial charge in [-0.3, -0.25) is 9.36 Å². The average molecular weight is 329 g/mol. The van der Waals surface area contributed by atoms with E-state index in [0.29, 0.717) is 12.0 Å². The topological polar surface area (TPSA) is 66.7 Å². The Bertz CT molecular complexity index is 545. The Morgan fingerprint density at radius 2 is 1.89 bits per heavy atom. The molecular weight excluding hydrogens is 319 g/mol. The molecule has 8 heteroatoms. The minimum atomic E-state index is -3.22. The Morgan fingerprint density at radius 1 is 1.33 bits per heavy atom. The molecule has 18 heavy (non-hydrogen) atoms. The first-order chi connectivity index (χ1) is 8.22. The third kappa shape index (κ3) is 4.62. The van der Waals surface area contributed by atoms with Gasteiger partial charge in [0.15, 0.2) is 0 Å². The van der Waals surface area contributed by atoms with Crippen molar-refractivity contribution in [1.82, 2.24) is 0 Å². The van der Waals surface area contributed by atoms with E-state index >= 15 is 0 Å². The molecule has 0 saturated heterocycles. The van der Waals surface area contributed by atoms with Gasteiger partial charge in [0.05, 0.1) is 0 Å². The lowest BCUT2D eigenvalue weighted by molar-refractivity contribution is 0.106. The molecule has 0 fully saturated rings. The van der Waals surface area contributed by atoms with Crippen LogP contribution in [0.4, 0.5) is 0 Å². The normalized spacial score (nSPS) is 16.2. The maximum absolute atomic E-state index is 11.5. The van der Waals surface area contributed by atoms with Crippen LogP contribution in [-0.4, -0.2) is 16.7 Å². The highest BCUT2D eigenvalue weighted by Crippen LogP contribution is 2.61. The lowest BCUT2D eigenvalue weighted by atomic mass is 10.1. The summed E-state index contributed by atoms with van der Waals surface area (Å²) < 4.78 is 9.51. The van der Waals surface area contributed by atoms with Crippen molar-refractivity contribution < 1.29 is 14.6 Å². The van der Waals surface area contributed by atoms with E-state index in [1.54, 1.807) is 0 Å². The van der Waals surface area contributed by atoms with Gasteiger partial charge in [-0.15, -0.1) is 0 Å². The number of hydrogen-bond donors (Lipinski definition) is 1. The average Bonchev–Trinajstić information content (AvgIpc) is 2.53. The molecule has 0 saturated carbocycles. The van der Waals surface area contributed by atoms with Crippen molar-refractivity contribution in [3.05, 3.63) is 34.9 Å². The molecule has 0 unspecified atom stereocenters. The van der Waals surface area contributed by atoms with E-state index in [2.05, 4.69) is 38.9 Å². The molecule has 2 rings (SSSR count). The number of halogens is 3. The zero-order valence-electron chi connectivity index (χ0n) is 9.23. The second-order valence-corrected chi connectivity index (χ2v) is 10.3. The number of rotatable bonds is 0. The van der Waals surface area contributed by atoms with Gasteiger partial charge in [-0.2, -0.15) is 0 Å². The van der Waals surface area contributed by atoms with Crippen molar-refractivity contribution in [1.29, 1.82) is 0 Å². The Morgan fingerprint density at radius 3 is 2.39 bits per heavy atom. The van der Waals surface area contributed by atoms with Gasteiger partial charge in [-0.25, -0.2) is 0 Å². The molecule has 0 spiro atoms. The first kappa shape index (κ1) is 15.5. The summed E-state index contributed by atoms with van der Waals surface area (Å²) in [5, 5.41) is 8.30. The number of fused-ring (bicyclic) bond motifs is 1. The summed E-state index contributed by atoms with van der Waals surface area (Å²) in [6.07, 6.45) is 0.449. The number of nitrogens with zero attached hydrogens (tertiary/aromatic N) is 1. The number of aryl methyl sites for hydroxylation is 1. The van der Waals surface area contributed by atoms with Crippen LogP contribution in [0.3, 0.4) is 0 Å². The maximum atomic E-state index is 11.5. The second-order valence-electron chi connectivity index (χ2n) is 3.61. The number of hydrogen-bond acceptors (Lipinski definition) is 4. The van der Waals surface area contributed by atoms with Crippen molar-refractivity contribution >= 4 is 50.4 Å². The van der Waals surface area contributed by atoms with Crippen molar-refractivity contribution in [3.8, 4) is 0 Å². The molecule has 1 aromatic carbocycles. The maximum Gasteiger partial charge on any atom is 0.339 e. The fraction of sp³-hybridized carbons (Fsp3) is 0.200. The fourth-order valence-corrected chi connectivity index (χ4v) is 1.55. The summed E-state index contributed by atoms with van der Waals surface area (Å²) in [5.74, 6) is -0.152. The fourth-order valence-electron chi connectivity index (χ4n) is 1.55. The van der Waals surface area contributed by atoms with Crippen LogP contribution in [-0.2, 0) is 11.0 Å². The first-order valence-corrected chi connectivity index (χ1v) is 9.18. The molecule has 0 aromatic heterocycles. The van der Waals surface area contributed by atoms with Gasteiger partial charge in [0.1, 0.15) is 5.71 Å². The monoisotopic (exact) mass is 327 g/mol. The van der Waals surface area contributed by atoms with E-state index in [0.717, 1.165) is 11.1 Å². The van der Waals surface area contributed by atoms with Gasteiger partial charge in [0.25, 0.3) is 0 Å². The van der Waals surface area contributed by atoms with Crippen LogP contribution in [0.1, 0.15) is 21.5 Å². The van der Waals surface area contributed by atoms with E-state index in [1.165, 1.54) is 0 Å². The third-order valence-corrected chi connectivity index (χ3v) is 2.25. The summed E-state index contributed by atoms with van der Waals surface area (Å²) in [7, 11) is 0. The number of carbonyl (C=O) groups is 1. The SMILES string of the molecule is Cc1ccc2c(c1)C(=O)C(=NO)C2.O=P(Cl)(Cl)Cl. The molecule has 98 valence electrons. The predicted octanol–water partition coefficient (Wildman–Crippen LogP) is 4.37. The minimum Gasteiger partial charge on any atom is -0.411 e. The molecule has 0 heterocycles. The van der Waals surface area contributed by atoms with E-state index < -0.39 is 5.20 Å².